The van der Waals surface area contributed by atoms with E-state index in [0.717, 1.165) is 32.6 Å². The van der Waals surface area contributed by atoms with Gasteiger partial charge in [-0.3, -0.25) is 4.79 Å². The van der Waals surface area contributed by atoms with Crippen LogP contribution in [0.3, 0.4) is 0 Å². The minimum atomic E-state index is -0.316. The van der Waals surface area contributed by atoms with Gasteiger partial charge in [-0.25, -0.2) is 0 Å². The summed E-state index contributed by atoms with van der Waals surface area (Å²) in [5, 5.41) is 7.68. The lowest BCUT2D eigenvalue weighted by Gasteiger charge is -2.22. The maximum absolute atomic E-state index is 12.6. The molecule has 0 saturated carbocycles. The van der Waals surface area contributed by atoms with E-state index < -0.39 is 0 Å². The first kappa shape index (κ1) is 18.0. The van der Waals surface area contributed by atoms with Crippen LogP contribution in [0.25, 0.3) is 5.69 Å². The Morgan fingerprint density at radius 2 is 2.12 bits per heavy atom. The Morgan fingerprint density at radius 1 is 1.36 bits per heavy atom. The lowest BCUT2D eigenvalue weighted by molar-refractivity contribution is 0.0595. The molecule has 0 bridgehead atoms. The van der Waals surface area contributed by atoms with Crippen molar-refractivity contribution in [1.29, 1.82) is 0 Å². The van der Waals surface area contributed by atoms with Crippen molar-refractivity contribution in [3.8, 4) is 5.69 Å². The van der Waals surface area contributed by atoms with Crippen molar-refractivity contribution < 1.29 is 4.74 Å². The number of hydrogen-bond acceptors (Lipinski definition) is 4. The molecule has 6 heteroatoms. The Hall–Kier alpha value is -1.85. The molecule has 1 N–H and O–H groups in total. The lowest BCUT2D eigenvalue weighted by atomic mass is 10.0. The summed E-state index contributed by atoms with van der Waals surface area (Å²) in [6.07, 6.45) is 3.81. The van der Waals surface area contributed by atoms with Crippen molar-refractivity contribution >= 4 is 17.3 Å². The van der Waals surface area contributed by atoms with Gasteiger partial charge in [-0.05, 0) is 42.4 Å². The van der Waals surface area contributed by atoms with Crippen LogP contribution in [0.5, 0.6) is 0 Å². The fourth-order valence-electron chi connectivity index (χ4n) is 2.96. The third-order valence-corrected chi connectivity index (χ3v) is 4.92. The third-order valence-electron chi connectivity index (χ3n) is 4.56. The number of rotatable bonds is 5. The lowest BCUT2D eigenvalue weighted by Crippen LogP contribution is -2.26. The largest absolute Gasteiger partial charge is 0.382 e. The van der Waals surface area contributed by atoms with Crippen molar-refractivity contribution in [2.45, 2.75) is 32.6 Å². The van der Waals surface area contributed by atoms with Crippen molar-refractivity contribution in [2.24, 2.45) is 5.92 Å². The van der Waals surface area contributed by atoms with E-state index in [0.29, 0.717) is 23.2 Å². The molecule has 0 aliphatic carbocycles. The summed E-state index contributed by atoms with van der Waals surface area (Å²) in [6.45, 7) is 6.58. The number of aromatic nitrogens is 2. The van der Waals surface area contributed by atoms with Crippen LogP contribution in [0, 0.1) is 5.92 Å². The van der Waals surface area contributed by atoms with Gasteiger partial charge in [0.15, 0.2) is 0 Å². The van der Waals surface area contributed by atoms with E-state index in [1.54, 1.807) is 6.20 Å². The van der Waals surface area contributed by atoms with Gasteiger partial charge in [-0.2, -0.15) is 9.78 Å². The second-order valence-electron chi connectivity index (χ2n) is 6.80. The summed E-state index contributed by atoms with van der Waals surface area (Å²) in [7, 11) is 0. The third kappa shape index (κ3) is 4.22. The van der Waals surface area contributed by atoms with E-state index >= 15 is 0 Å². The quantitative estimate of drug-likeness (QED) is 0.878. The van der Waals surface area contributed by atoms with Crippen LogP contribution in [0.2, 0.25) is 5.02 Å². The molecule has 1 saturated heterocycles. The number of nitrogens with zero attached hydrogens (tertiary/aromatic N) is 2. The van der Waals surface area contributed by atoms with E-state index in [1.807, 2.05) is 24.3 Å². The predicted molar refractivity (Wildman–Crippen MR) is 101 cm³/mol. The molecular formula is C19H24ClN3O2. The summed E-state index contributed by atoms with van der Waals surface area (Å²) < 4.78 is 6.81. The second-order valence-corrected chi connectivity index (χ2v) is 7.18. The van der Waals surface area contributed by atoms with Gasteiger partial charge in [-0.1, -0.05) is 37.6 Å². The molecular weight excluding hydrogens is 338 g/mol. The Balaban J connectivity index is 1.76. The summed E-state index contributed by atoms with van der Waals surface area (Å²) in [4.78, 5) is 12.6. The smallest absolute Gasteiger partial charge is 0.292 e. The van der Waals surface area contributed by atoms with Crippen LogP contribution in [-0.2, 0) is 4.74 Å². The van der Waals surface area contributed by atoms with Gasteiger partial charge >= 0.3 is 0 Å². The maximum Gasteiger partial charge on any atom is 0.292 e. The zero-order valence-electron chi connectivity index (χ0n) is 14.7. The van der Waals surface area contributed by atoms with E-state index in [4.69, 9.17) is 16.3 Å². The highest BCUT2D eigenvalue weighted by molar-refractivity contribution is 6.32. The highest BCUT2D eigenvalue weighted by Gasteiger charge is 2.16. The molecule has 1 fully saturated rings. The van der Waals surface area contributed by atoms with Crippen molar-refractivity contribution in [2.75, 3.05) is 25.1 Å². The molecule has 25 heavy (non-hydrogen) atoms. The van der Waals surface area contributed by atoms with Gasteiger partial charge in [0.1, 0.15) is 5.02 Å². The minimum Gasteiger partial charge on any atom is -0.382 e. The molecule has 1 aromatic carbocycles. The predicted octanol–water partition coefficient (Wildman–Crippen LogP) is 3.85. The van der Waals surface area contributed by atoms with Gasteiger partial charge < -0.3 is 10.1 Å². The highest BCUT2D eigenvalue weighted by Crippen LogP contribution is 2.20. The van der Waals surface area contributed by atoms with Gasteiger partial charge in [0.05, 0.1) is 24.2 Å². The van der Waals surface area contributed by atoms with Crippen molar-refractivity contribution in [3.63, 3.8) is 0 Å². The fourth-order valence-corrected chi connectivity index (χ4v) is 3.16. The van der Waals surface area contributed by atoms with Crippen LogP contribution in [0.4, 0.5) is 5.69 Å². The van der Waals surface area contributed by atoms with Crippen molar-refractivity contribution in [3.05, 3.63) is 51.4 Å². The topological polar surface area (TPSA) is 56.1 Å². The van der Waals surface area contributed by atoms with Crippen LogP contribution < -0.4 is 10.9 Å². The Morgan fingerprint density at radius 3 is 2.76 bits per heavy atom. The molecule has 1 aliphatic rings. The molecule has 2 heterocycles. The normalized spacial score (nSPS) is 17.7. The standard InChI is InChI=1S/C19H24ClN3O2/c1-13(2)15-5-7-16(8-6-15)23-19(24)18(20)17(11-22-23)21-10-14-4-3-9-25-12-14/h5-8,11,13-14,21H,3-4,9-10,12H2,1-2H3/t14-/m0/s1. The molecule has 134 valence electrons. The number of hydrogen-bond donors (Lipinski definition) is 1. The number of halogens is 1. The van der Waals surface area contributed by atoms with Crippen molar-refractivity contribution in [1.82, 2.24) is 9.78 Å². The Labute approximate surface area is 153 Å². The number of anilines is 1. The molecule has 0 spiro atoms. The number of ether oxygens (including phenoxy) is 1. The molecule has 2 aromatic rings. The van der Waals surface area contributed by atoms with E-state index in [2.05, 4.69) is 24.3 Å². The summed E-state index contributed by atoms with van der Waals surface area (Å²) in [5.41, 5.74) is 2.19. The first-order valence-electron chi connectivity index (χ1n) is 8.76. The SMILES string of the molecule is CC(C)c1ccc(-n2ncc(NC[C@@H]3CCCOC3)c(Cl)c2=O)cc1. The zero-order valence-corrected chi connectivity index (χ0v) is 15.4. The molecule has 0 unspecified atom stereocenters. The van der Waals surface area contributed by atoms with Gasteiger partial charge in [0.25, 0.3) is 5.56 Å². The molecule has 0 radical (unpaired) electrons. The first-order chi connectivity index (χ1) is 12.1. The monoisotopic (exact) mass is 361 g/mol. The van der Waals surface area contributed by atoms with Gasteiger partial charge in [0, 0.05) is 13.2 Å². The zero-order chi connectivity index (χ0) is 17.8. The molecule has 1 atom stereocenters. The first-order valence-corrected chi connectivity index (χ1v) is 9.14. The van der Waals surface area contributed by atoms with E-state index in [-0.39, 0.29) is 10.6 Å². The second kappa shape index (κ2) is 8.02. The Bertz CT molecular complexity index is 765. The van der Waals surface area contributed by atoms with Crippen LogP contribution in [-0.4, -0.2) is 29.5 Å². The van der Waals surface area contributed by atoms with Gasteiger partial charge in [-0.15, -0.1) is 0 Å². The maximum atomic E-state index is 12.6. The van der Waals surface area contributed by atoms with E-state index in [1.165, 1.54) is 10.2 Å². The highest BCUT2D eigenvalue weighted by atomic mass is 35.5. The fraction of sp³-hybridized carbons (Fsp3) is 0.474. The van der Waals surface area contributed by atoms with Crippen LogP contribution in [0.15, 0.2) is 35.3 Å². The molecule has 1 aliphatic heterocycles. The molecule has 3 rings (SSSR count). The number of nitrogens with one attached hydrogen (secondary N) is 1. The summed E-state index contributed by atoms with van der Waals surface area (Å²) in [6, 6.07) is 7.81. The van der Waals surface area contributed by atoms with E-state index in [9.17, 15) is 4.79 Å². The number of benzene rings is 1. The molecule has 1 aromatic heterocycles. The summed E-state index contributed by atoms with van der Waals surface area (Å²) in [5.74, 6) is 0.883. The molecule has 0 amide bonds. The average Bonchev–Trinajstić information content (AvgIpc) is 2.64. The summed E-state index contributed by atoms with van der Waals surface area (Å²) >= 11 is 6.28. The van der Waals surface area contributed by atoms with Crippen LogP contribution in [0.1, 0.15) is 38.2 Å². The molecule has 5 nitrogen and oxygen atoms in total. The average molecular weight is 362 g/mol. The minimum absolute atomic E-state index is 0.166. The van der Waals surface area contributed by atoms with Gasteiger partial charge in [0.2, 0.25) is 0 Å². The van der Waals surface area contributed by atoms with Crippen LogP contribution >= 0.6 is 11.6 Å². The Kier molecular flexibility index (Phi) is 5.76.